The first-order valence-corrected chi connectivity index (χ1v) is 16.9. The largest absolute Gasteiger partial charge is 0.756 e. The van der Waals surface area contributed by atoms with E-state index < -0.39 is 48.0 Å². The summed E-state index contributed by atoms with van der Waals surface area (Å²) in [6.45, 7) is 1.24. The van der Waals surface area contributed by atoms with Crippen LogP contribution in [0.25, 0.3) is 11.0 Å². The summed E-state index contributed by atoms with van der Waals surface area (Å²) in [7, 11) is -14.4. The fourth-order valence-electron chi connectivity index (χ4n) is 3.61. The van der Waals surface area contributed by atoms with Gasteiger partial charge in [-0.3, -0.25) is 23.5 Å². The minimum atomic E-state index is -6.02. The molecule has 1 aliphatic rings. The third kappa shape index (κ3) is 8.11. The van der Waals surface area contributed by atoms with Crippen LogP contribution < -0.4 is 26.0 Å². The lowest BCUT2D eigenvalue weighted by Crippen LogP contribution is -2.26. The third-order valence-corrected chi connectivity index (χ3v) is 10.8. The van der Waals surface area contributed by atoms with E-state index in [-0.39, 0.29) is 28.1 Å². The van der Waals surface area contributed by atoms with Gasteiger partial charge in [0.05, 0.1) is 18.9 Å². The van der Waals surface area contributed by atoms with Gasteiger partial charge in [-0.15, -0.1) is 0 Å². The number of nitrogens with two attached hydrogens (primary N) is 1. The highest BCUT2D eigenvalue weighted by Crippen LogP contribution is 2.61. The highest BCUT2D eigenvalue weighted by Gasteiger charge is 2.39. The van der Waals surface area contributed by atoms with Gasteiger partial charge in [0.2, 0.25) is 5.95 Å². The van der Waals surface area contributed by atoms with Crippen LogP contribution in [-0.4, -0.2) is 48.9 Å². The normalized spacial score (nSPS) is 26.3. The Hall–Kier alpha value is -0.780. The molecule has 22 heteroatoms. The van der Waals surface area contributed by atoms with Crippen LogP contribution in [0, 0.1) is 5.92 Å². The fraction of sp³-hybridized carbons (Fsp3) is 0.643. The molecule has 3 rings (SSSR count). The van der Waals surface area contributed by atoms with Crippen molar-refractivity contribution in [1.29, 1.82) is 0 Å². The third-order valence-electron chi connectivity index (χ3n) is 4.81. The number of anilines is 1. The maximum absolute atomic E-state index is 12.1. The van der Waals surface area contributed by atoms with Gasteiger partial charge in [-0.05, 0) is 25.0 Å². The summed E-state index contributed by atoms with van der Waals surface area (Å²) in [4.78, 5) is 61.0. The van der Waals surface area contributed by atoms with E-state index >= 15 is 0 Å². The first kappa shape index (κ1) is 29.8. The maximum Gasteiger partial charge on any atom is 0.280 e. The van der Waals surface area contributed by atoms with E-state index in [9.17, 15) is 33.2 Å². The number of phosphoric acid groups is 3. The van der Waals surface area contributed by atoms with Crippen LogP contribution in [0.15, 0.2) is 11.0 Å². The molecule has 204 valence electrons. The molecule has 36 heavy (non-hydrogen) atoms. The number of rotatable bonds is 12. The van der Waals surface area contributed by atoms with E-state index in [2.05, 4.69) is 28.2 Å². The Kier molecular flexibility index (Phi) is 9.54. The number of nitrogens with zero attached hydrogens (tertiary/aromatic N) is 3. The summed E-state index contributed by atoms with van der Waals surface area (Å²) >= 11 is 0. The molecule has 0 spiro atoms. The summed E-state index contributed by atoms with van der Waals surface area (Å²) in [6, 6.07) is 0. The lowest BCUT2D eigenvalue weighted by molar-refractivity contribution is -0.250. The van der Waals surface area contributed by atoms with E-state index in [1.54, 1.807) is 10.8 Å². The number of hydrogen-bond acceptors (Lipinski definition) is 16. The fourth-order valence-corrected chi connectivity index (χ4v) is 8.38. The molecule has 4 N–H and O–H groups in total. The Morgan fingerprint density at radius 2 is 2.03 bits per heavy atom. The predicted octanol–water partition coefficient (Wildman–Crippen LogP) is -0.157. The maximum atomic E-state index is 12.1. The highest BCUT2D eigenvalue weighted by molar-refractivity contribution is 8.76. The Morgan fingerprint density at radius 3 is 2.67 bits per heavy atom. The lowest BCUT2D eigenvalue weighted by Gasteiger charge is -2.33. The van der Waals surface area contributed by atoms with Gasteiger partial charge in [0.25, 0.3) is 29.0 Å². The zero-order valence-corrected chi connectivity index (χ0v) is 22.8. The molecule has 1 saturated heterocycles. The summed E-state index contributed by atoms with van der Waals surface area (Å²) in [5.41, 5.74) is 5.25. The van der Waals surface area contributed by atoms with Crippen molar-refractivity contribution < 1.29 is 51.2 Å². The van der Waals surface area contributed by atoms with Crippen molar-refractivity contribution in [3.05, 3.63) is 16.6 Å². The number of nitrogen functional groups attached to an aromatic ring is 1. The van der Waals surface area contributed by atoms with Crippen LogP contribution in [0.2, 0.25) is 0 Å². The highest BCUT2D eigenvalue weighted by atomic mass is 33.1. The van der Waals surface area contributed by atoms with Gasteiger partial charge in [-0.2, -0.15) is 10.1 Å². The molecule has 2 aromatic rings. The van der Waals surface area contributed by atoms with Crippen LogP contribution in [-0.2, 0) is 31.6 Å². The quantitative estimate of drug-likeness (QED) is 0.209. The molecule has 0 saturated carbocycles. The summed E-state index contributed by atoms with van der Waals surface area (Å²) in [6.07, 6.45) is 2.28. The number of hydrogen-bond donors (Lipinski definition) is 3. The number of ether oxygens (including phenoxy) is 1. The van der Waals surface area contributed by atoms with Crippen LogP contribution in [0.5, 0.6) is 0 Å². The van der Waals surface area contributed by atoms with Crippen molar-refractivity contribution >= 4 is 62.0 Å². The second kappa shape index (κ2) is 11.5. The molecule has 0 bridgehead atoms. The molecule has 3 unspecified atom stereocenters. The van der Waals surface area contributed by atoms with Crippen molar-refractivity contribution in [2.75, 3.05) is 18.6 Å². The number of aromatic amines is 1. The lowest BCUT2D eigenvalue weighted by atomic mass is 9.96. The number of H-pyrrole nitrogens is 1. The molecule has 7 atom stereocenters. The van der Waals surface area contributed by atoms with Crippen LogP contribution >= 0.6 is 45.1 Å². The summed E-state index contributed by atoms with van der Waals surface area (Å²) in [5, 5.41) is 4.39. The van der Waals surface area contributed by atoms with Crippen molar-refractivity contribution in [3.8, 4) is 0 Å². The van der Waals surface area contributed by atoms with E-state index in [4.69, 9.17) is 15.4 Å². The average Bonchev–Trinajstić information content (AvgIpc) is 3.27. The smallest absolute Gasteiger partial charge is 0.280 e. The molecule has 17 nitrogen and oxygen atoms in total. The van der Waals surface area contributed by atoms with Crippen molar-refractivity contribution in [1.82, 2.24) is 19.7 Å². The number of aromatic nitrogens is 4. The Balaban J connectivity index is 1.78. The van der Waals surface area contributed by atoms with E-state index in [0.717, 1.165) is 0 Å². The first-order chi connectivity index (χ1) is 16.6. The van der Waals surface area contributed by atoms with Crippen LogP contribution in [0.4, 0.5) is 5.95 Å². The molecule has 0 aliphatic carbocycles. The summed E-state index contributed by atoms with van der Waals surface area (Å²) < 4.78 is 52.8. The predicted molar refractivity (Wildman–Crippen MR) is 123 cm³/mol. The SMILES string of the molecule is CSS[C@@H](C)C[C@@H]1C[C@H](n2ncc3c(=O)[nH]c(N)nc32)O[C@@H]1COP(=O)([O-])OP(=O)([O-])OP(=O)([O-])O. The average molecular weight is 608 g/mol. The molecular weight excluding hydrogens is 587 g/mol. The number of fused-ring (bicyclic) bond motifs is 1. The first-order valence-electron chi connectivity index (χ1n) is 9.90. The van der Waals surface area contributed by atoms with E-state index in [1.807, 2.05) is 13.2 Å². The van der Waals surface area contributed by atoms with Gasteiger partial charge < -0.3 is 34.6 Å². The number of phosphoric ester groups is 1. The zero-order chi connectivity index (χ0) is 26.9. The van der Waals surface area contributed by atoms with Gasteiger partial charge in [-0.25, -0.2) is 13.3 Å². The second-order valence-electron chi connectivity index (χ2n) is 7.53. The molecule has 1 aliphatic heterocycles. The minimum absolute atomic E-state index is 0.0992. The van der Waals surface area contributed by atoms with Crippen LogP contribution in [0.3, 0.4) is 0 Å². The Bertz CT molecular complexity index is 1290. The molecule has 0 radical (unpaired) electrons. The monoisotopic (exact) mass is 608 g/mol. The molecule has 3 heterocycles. The molecule has 1 fully saturated rings. The van der Waals surface area contributed by atoms with Crippen molar-refractivity contribution in [2.45, 2.75) is 37.3 Å². The Labute approximate surface area is 211 Å². The minimum Gasteiger partial charge on any atom is -0.756 e. The summed E-state index contributed by atoms with van der Waals surface area (Å²) in [5.74, 6) is -0.467. The number of nitrogens with one attached hydrogen (secondary N) is 1. The van der Waals surface area contributed by atoms with Gasteiger partial charge in [0, 0.05) is 5.25 Å². The van der Waals surface area contributed by atoms with Gasteiger partial charge >= 0.3 is 0 Å². The zero-order valence-electron chi connectivity index (χ0n) is 18.5. The van der Waals surface area contributed by atoms with Crippen molar-refractivity contribution in [2.24, 2.45) is 5.92 Å². The van der Waals surface area contributed by atoms with Crippen molar-refractivity contribution in [3.63, 3.8) is 0 Å². The van der Waals surface area contributed by atoms with Gasteiger partial charge in [-0.1, -0.05) is 28.5 Å². The topological polar surface area (TPSA) is 267 Å². The Morgan fingerprint density at radius 1 is 1.33 bits per heavy atom. The van der Waals surface area contributed by atoms with E-state index in [0.29, 0.717) is 12.8 Å². The molecule has 2 aromatic heterocycles. The molecule has 0 aromatic carbocycles. The molecule has 0 amide bonds. The van der Waals surface area contributed by atoms with Crippen LogP contribution in [0.1, 0.15) is 26.0 Å². The second-order valence-corrected chi connectivity index (χ2v) is 14.7. The van der Waals surface area contributed by atoms with Gasteiger partial charge in [0.15, 0.2) is 11.9 Å². The van der Waals surface area contributed by atoms with Gasteiger partial charge in [0.1, 0.15) is 5.39 Å². The molecular formula is C14H21N5O12P3S2-3. The standard InChI is InChI=1S/C14H24N5O12P3S2/c1-7(36-35-2)3-8-4-11(19-12-9(5-16-19)13(20)18-14(15)17-12)29-10(8)6-28-33(24,25)31-34(26,27)30-32(21,22)23/h5,7-8,10-11H,3-4,6H2,1-2H3,(H,24,25)(H,26,27)(H2,21,22,23)(H3,15,17,18,20)/p-3/t7-,8+,10+,11+/m0/s1. The van der Waals surface area contributed by atoms with E-state index in [1.165, 1.54) is 21.7 Å².